The van der Waals surface area contributed by atoms with E-state index in [4.69, 9.17) is 0 Å². The molecule has 1 unspecified atom stereocenters. The van der Waals surface area contributed by atoms with Crippen LogP contribution in [0.1, 0.15) is 39.0 Å². The molecule has 124 valence electrons. The Morgan fingerprint density at radius 2 is 2.09 bits per heavy atom. The molecule has 0 aliphatic heterocycles. The first-order valence-corrected chi connectivity index (χ1v) is 6.85. The number of aliphatic hydroxyl groups is 1. The second-order valence-electron chi connectivity index (χ2n) is 5.16. The molecule has 1 amide bonds. The number of aromatic amines is 1. The number of aryl methyl sites for hydroxylation is 2. The molecule has 1 aromatic carbocycles. The third kappa shape index (κ3) is 3.89. The van der Waals surface area contributed by atoms with Gasteiger partial charge in [-0.25, -0.2) is 0 Å². The number of aromatic nitrogens is 2. The Labute approximate surface area is 130 Å². The van der Waals surface area contributed by atoms with Gasteiger partial charge in [0, 0.05) is 12.2 Å². The number of carbonyl (C=O) groups is 1. The Hall–Kier alpha value is -2.35. The fourth-order valence-electron chi connectivity index (χ4n) is 2.20. The predicted molar refractivity (Wildman–Crippen MR) is 76.8 cm³/mol. The van der Waals surface area contributed by atoms with E-state index in [1.165, 1.54) is 12.1 Å². The van der Waals surface area contributed by atoms with Crippen LogP contribution in [0.3, 0.4) is 0 Å². The van der Waals surface area contributed by atoms with Gasteiger partial charge in [-0.1, -0.05) is 12.1 Å². The van der Waals surface area contributed by atoms with E-state index in [2.05, 4.69) is 15.5 Å². The Balaban J connectivity index is 2.05. The summed E-state index contributed by atoms with van der Waals surface area (Å²) in [6, 6.07) is 4.38. The second-order valence-corrected chi connectivity index (χ2v) is 5.16. The number of amides is 1. The van der Waals surface area contributed by atoms with Gasteiger partial charge < -0.3 is 10.4 Å². The summed E-state index contributed by atoms with van der Waals surface area (Å²) >= 11 is 0. The number of hydrogen-bond acceptors (Lipinski definition) is 3. The summed E-state index contributed by atoms with van der Waals surface area (Å²) in [5, 5.41) is 19.0. The van der Waals surface area contributed by atoms with Crippen molar-refractivity contribution in [2.45, 2.75) is 26.1 Å². The molecule has 0 saturated heterocycles. The number of halogens is 3. The van der Waals surface area contributed by atoms with E-state index >= 15 is 0 Å². The summed E-state index contributed by atoms with van der Waals surface area (Å²) in [6.45, 7) is 3.13. The molecule has 3 N–H and O–H groups in total. The van der Waals surface area contributed by atoms with Gasteiger partial charge >= 0.3 is 6.18 Å². The Bertz CT molecular complexity index is 691. The normalized spacial score (nSPS) is 13.0. The van der Waals surface area contributed by atoms with Crippen molar-refractivity contribution in [1.29, 1.82) is 0 Å². The van der Waals surface area contributed by atoms with Gasteiger partial charge in [-0.15, -0.1) is 0 Å². The minimum absolute atomic E-state index is 0.0840. The van der Waals surface area contributed by atoms with Crippen LogP contribution < -0.4 is 5.32 Å². The number of nitrogens with one attached hydrogen (secondary N) is 2. The second kappa shape index (κ2) is 6.41. The summed E-state index contributed by atoms with van der Waals surface area (Å²) in [6.07, 6.45) is -5.72. The van der Waals surface area contributed by atoms with Gasteiger partial charge in [-0.2, -0.15) is 18.3 Å². The fourth-order valence-corrected chi connectivity index (χ4v) is 2.20. The van der Waals surface area contributed by atoms with Crippen molar-refractivity contribution in [3.05, 3.63) is 52.3 Å². The third-order valence-corrected chi connectivity index (χ3v) is 3.41. The van der Waals surface area contributed by atoms with Gasteiger partial charge in [0.25, 0.3) is 5.91 Å². The van der Waals surface area contributed by atoms with Gasteiger partial charge in [-0.05, 0) is 31.5 Å². The maximum absolute atomic E-state index is 12.7. The van der Waals surface area contributed by atoms with E-state index in [1.807, 2.05) is 0 Å². The lowest BCUT2D eigenvalue weighted by Crippen LogP contribution is -2.29. The largest absolute Gasteiger partial charge is 0.416 e. The predicted octanol–water partition coefficient (Wildman–Crippen LogP) is 2.51. The molecule has 1 aromatic heterocycles. The first kappa shape index (κ1) is 17.0. The highest BCUT2D eigenvalue weighted by atomic mass is 19.4. The average molecular weight is 327 g/mol. The van der Waals surface area contributed by atoms with E-state index in [1.54, 1.807) is 13.8 Å². The van der Waals surface area contributed by atoms with Crippen LogP contribution in [0.15, 0.2) is 24.3 Å². The number of nitrogens with zero attached hydrogens (tertiary/aromatic N) is 1. The molecule has 1 heterocycles. The van der Waals surface area contributed by atoms with Crippen molar-refractivity contribution in [3.63, 3.8) is 0 Å². The van der Waals surface area contributed by atoms with E-state index in [-0.39, 0.29) is 12.1 Å². The molecule has 2 aromatic rings. The van der Waals surface area contributed by atoms with E-state index in [0.717, 1.165) is 12.1 Å². The van der Waals surface area contributed by atoms with Crippen molar-refractivity contribution in [2.75, 3.05) is 6.54 Å². The standard InChI is InChI=1S/C15H16F3N3O2/c1-8-13(9(2)21-20-8)14(23)19-7-12(22)10-4-3-5-11(6-10)15(16,17)18/h3-6,12,22H,7H2,1-2H3,(H,19,23)(H,20,21). The molecule has 0 aliphatic carbocycles. The van der Waals surface area contributed by atoms with Crippen molar-refractivity contribution in [3.8, 4) is 0 Å². The Morgan fingerprint density at radius 3 is 2.65 bits per heavy atom. The topological polar surface area (TPSA) is 78.0 Å². The minimum Gasteiger partial charge on any atom is -0.387 e. The lowest BCUT2D eigenvalue weighted by molar-refractivity contribution is -0.137. The van der Waals surface area contributed by atoms with Crippen molar-refractivity contribution >= 4 is 5.91 Å². The maximum atomic E-state index is 12.7. The molecular formula is C15H16F3N3O2. The molecule has 8 heteroatoms. The third-order valence-electron chi connectivity index (χ3n) is 3.41. The lowest BCUT2D eigenvalue weighted by atomic mass is 10.1. The summed E-state index contributed by atoms with van der Waals surface area (Å²) < 4.78 is 38.0. The highest BCUT2D eigenvalue weighted by molar-refractivity contribution is 5.96. The Morgan fingerprint density at radius 1 is 1.39 bits per heavy atom. The summed E-state index contributed by atoms with van der Waals surface area (Å²) in [4.78, 5) is 12.0. The molecular weight excluding hydrogens is 311 g/mol. The smallest absolute Gasteiger partial charge is 0.387 e. The van der Waals surface area contributed by atoms with Crippen LogP contribution in [0, 0.1) is 13.8 Å². The number of hydrogen-bond donors (Lipinski definition) is 3. The van der Waals surface area contributed by atoms with Crippen LogP contribution in [0.4, 0.5) is 13.2 Å². The zero-order chi connectivity index (χ0) is 17.2. The monoisotopic (exact) mass is 327 g/mol. The first-order valence-electron chi connectivity index (χ1n) is 6.85. The van der Waals surface area contributed by atoms with Gasteiger partial charge in [0.15, 0.2) is 0 Å². The summed E-state index contributed by atoms with van der Waals surface area (Å²) in [7, 11) is 0. The van der Waals surface area contributed by atoms with E-state index < -0.39 is 23.8 Å². The molecule has 0 radical (unpaired) electrons. The molecule has 1 atom stereocenters. The van der Waals surface area contributed by atoms with Gasteiger partial charge in [0.05, 0.1) is 22.9 Å². The van der Waals surface area contributed by atoms with Crippen LogP contribution in [0.2, 0.25) is 0 Å². The van der Waals surface area contributed by atoms with Gasteiger partial charge in [0.2, 0.25) is 0 Å². The Kier molecular flexibility index (Phi) is 4.74. The quantitative estimate of drug-likeness (QED) is 0.807. The first-order chi connectivity index (χ1) is 10.7. The highest BCUT2D eigenvalue weighted by Gasteiger charge is 2.30. The van der Waals surface area contributed by atoms with Crippen LogP contribution >= 0.6 is 0 Å². The molecule has 2 rings (SSSR count). The van der Waals surface area contributed by atoms with Crippen molar-refractivity contribution in [1.82, 2.24) is 15.5 Å². The van der Waals surface area contributed by atoms with Crippen LogP contribution in [-0.2, 0) is 6.18 Å². The lowest BCUT2D eigenvalue weighted by Gasteiger charge is -2.14. The zero-order valence-electron chi connectivity index (χ0n) is 12.5. The average Bonchev–Trinajstić information content (AvgIpc) is 2.83. The van der Waals surface area contributed by atoms with Gasteiger partial charge in [0.1, 0.15) is 0 Å². The van der Waals surface area contributed by atoms with Crippen LogP contribution in [0.5, 0.6) is 0 Å². The van der Waals surface area contributed by atoms with Crippen molar-refractivity contribution in [2.24, 2.45) is 0 Å². The van der Waals surface area contributed by atoms with E-state index in [9.17, 15) is 23.1 Å². The number of rotatable bonds is 4. The molecule has 23 heavy (non-hydrogen) atoms. The molecule has 5 nitrogen and oxygen atoms in total. The number of alkyl halides is 3. The summed E-state index contributed by atoms with van der Waals surface area (Å²) in [5.74, 6) is -0.445. The summed E-state index contributed by atoms with van der Waals surface area (Å²) in [5.41, 5.74) is 0.686. The fraction of sp³-hybridized carbons (Fsp3) is 0.333. The molecule has 0 aliphatic rings. The molecule has 0 bridgehead atoms. The highest BCUT2D eigenvalue weighted by Crippen LogP contribution is 2.30. The number of aliphatic hydroxyl groups excluding tert-OH is 1. The maximum Gasteiger partial charge on any atom is 0.416 e. The van der Waals surface area contributed by atoms with Crippen LogP contribution in [0.25, 0.3) is 0 Å². The van der Waals surface area contributed by atoms with Crippen LogP contribution in [-0.4, -0.2) is 27.8 Å². The van der Waals surface area contributed by atoms with E-state index in [0.29, 0.717) is 17.0 Å². The number of H-pyrrole nitrogens is 1. The molecule has 0 spiro atoms. The molecule has 0 saturated carbocycles. The SMILES string of the molecule is Cc1n[nH]c(C)c1C(=O)NCC(O)c1cccc(C(F)(F)F)c1. The van der Waals surface area contributed by atoms with Crippen molar-refractivity contribution < 1.29 is 23.1 Å². The zero-order valence-corrected chi connectivity index (χ0v) is 12.5. The number of benzene rings is 1. The minimum atomic E-state index is -4.48. The molecule has 0 fully saturated rings. The number of carbonyl (C=O) groups excluding carboxylic acids is 1. The van der Waals surface area contributed by atoms with Gasteiger partial charge in [-0.3, -0.25) is 9.89 Å².